The first-order valence-electron chi connectivity index (χ1n) is 9.09. The number of nitrogens with two attached hydrogens (primary N) is 1. The summed E-state index contributed by atoms with van der Waals surface area (Å²) >= 11 is 0. The summed E-state index contributed by atoms with van der Waals surface area (Å²) in [5.41, 5.74) is 9.49. The van der Waals surface area contributed by atoms with Crippen molar-refractivity contribution < 1.29 is 23.9 Å². The van der Waals surface area contributed by atoms with Gasteiger partial charge in [0.2, 0.25) is 0 Å². The highest BCUT2D eigenvalue weighted by atomic mass is 16.5. The number of primary amides is 1. The number of allylic oxidation sites excluding steroid dienone is 1. The van der Waals surface area contributed by atoms with Gasteiger partial charge in [-0.05, 0) is 42.3 Å². The highest BCUT2D eigenvalue weighted by Gasteiger charge is 2.34. The molecule has 2 aromatic rings. The third-order valence-corrected chi connectivity index (χ3v) is 4.31. The second kappa shape index (κ2) is 8.95. The van der Waals surface area contributed by atoms with Crippen molar-refractivity contribution in [3.8, 4) is 11.5 Å². The number of nitrogens with zero attached hydrogens (tertiary/aromatic N) is 1. The molecule has 1 heterocycles. The lowest BCUT2D eigenvalue weighted by atomic mass is 10.0. The predicted octanol–water partition coefficient (Wildman–Crippen LogP) is 1.75. The summed E-state index contributed by atoms with van der Waals surface area (Å²) in [6.45, 7) is 3.41. The SMILES string of the molecule is C=CCc1cc(C=C2C(=O)NN(c3ccccc3)C2=O)cc(OC)c1OCC(N)=O. The minimum Gasteiger partial charge on any atom is -0.493 e. The molecule has 0 aromatic heterocycles. The molecule has 8 heteroatoms. The summed E-state index contributed by atoms with van der Waals surface area (Å²) in [5, 5.41) is 1.19. The van der Waals surface area contributed by atoms with E-state index in [-0.39, 0.29) is 12.2 Å². The Balaban J connectivity index is 1.98. The third-order valence-electron chi connectivity index (χ3n) is 4.31. The van der Waals surface area contributed by atoms with Gasteiger partial charge in [0.25, 0.3) is 17.7 Å². The molecule has 1 aliphatic heterocycles. The lowest BCUT2D eigenvalue weighted by Gasteiger charge is -2.15. The number of anilines is 1. The molecule has 1 fully saturated rings. The normalized spacial score (nSPS) is 14.6. The van der Waals surface area contributed by atoms with Crippen LogP contribution in [0.5, 0.6) is 11.5 Å². The van der Waals surface area contributed by atoms with Crippen molar-refractivity contribution in [1.82, 2.24) is 5.43 Å². The van der Waals surface area contributed by atoms with Crippen LogP contribution in [0.25, 0.3) is 6.08 Å². The topological polar surface area (TPSA) is 111 Å². The van der Waals surface area contributed by atoms with Crippen molar-refractivity contribution in [2.45, 2.75) is 6.42 Å². The van der Waals surface area contributed by atoms with Gasteiger partial charge < -0.3 is 15.2 Å². The van der Waals surface area contributed by atoms with Crippen LogP contribution in [0, 0.1) is 0 Å². The Labute approximate surface area is 173 Å². The molecule has 0 unspecified atom stereocenters. The van der Waals surface area contributed by atoms with E-state index in [1.165, 1.54) is 18.2 Å². The number of hydrazine groups is 1. The molecule has 0 saturated carbocycles. The summed E-state index contributed by atoms with van der Waals surface area (Å²) in [5.74, 6) is -0.909. The number of methoxy groups -OCH3 is 1. The monoisotopic (exact) mass is 407 g/mol. The van der Waals surface area contributed by atoms with E-state index >= 15 is 0 Å². The van der Waals surface area contributed by atoms with Gasteiger partial charge in [-0.3, -0.25) is 19.8 Å². The van der Waals surface area contributed by atoms with Gasteiger partial charge in [0, 0.05) is 5.56 Å². The van der Waals surface area contributed by atoms with Crippen LogP contribution in [0.1, 0.15) is 11.1 Å². The molecule has 1 saturated heterocycles. The van der Waals surface area contributed by atoms with Gasteiger partial charge in [0.1, 0.15) is 5.57 Å². The summed E-state index contributed by atoms with van der Waals surface area (Å²) in [7, 11) is 1.45. The number of nitrogens with one attached hydrogen (secondary N) is 1. The Morgan fingerprint density at radius 3 is 2.60 bits per heavy atom. The molecule has 3 N–H and O–H groups in total. The lowest BCUT2D eigenvalue weighted by Crippen LogP contribution is -2.35. The smallest absolute Gasteiger partial charge is 0.282 e. The van der Waals surface area contributed by atoms with Crippen molar-refractivity contribution in [2.75, 3.05) is 18.7 Å². The number of amides is 3. The van der Waals surface area contributed by atoms with Crippen LogP contribution in [0.2, 0.25) is 0 Å². The second-order valence-corrected chi connectivity index (χ2v) is 6.43. The molecule has 0 aliphatic carbocycles. The van der Waals surface area contributed by atoms with Crippen LogP contribution in [-0.4, -0.2) is 31.4 Å². The molecule has 0 atom stereocenters. The largest absolute Gasteiger partial charge is 0.493 e. The fraction of sp³-hybridized carbons (Fsp3) is 0.136. The minimum absolute atomic E-state index is 0.0173. The Bertz CT molecular complexity index is 1030. The number of hydrogen-bond donors (Lipinski definition) is 2. The summed E-state index contributed by atoms with van der Waals surface area (Å²) < 4.78 is 10.9. The van der Waals surface area contributed by atoms with E-state index < -0.39 is 17.7 Å². The van der Waals surface area contributed by atoms with E-state index in [1.54, 1.807) is 42.5 Å². The average Bonchev–Trinajstić information content (AvgIpc) is 3.01. The highest BCUT2D eigenvalue weighted by molar-refractivity contribution is 6.31. The number of ether oxygens (including phenoxy) is 2. The summed E-state index contributed by atoms with van der Waals surface area (Å²) in [4.78, 5) is 36.3. The zero-order valence-electron chi connectivity index (χ0n) is 16.4. The predicted molar refractivity (Wildman–Crippen MR) is 112 cm³/mol. The number of rotatable bonds is 8. The van der Waals surface area contributed by atoms with E-state index in [9.17, 15) is 14.4 Å². The molecular weight excluding hydrogens is 386 g/mol. The van der Waals surface area contributed by atoms with E-state index in [2.05, 4.69) is 12.0 Å². The molecule has 3 amide bonds. The van der Waals surface area contributed by atoms with Gasteiger partial charge in [-0.2, -0.15) is 0 Å². The molecule has 0 bridgehead atoms. The standard InChI is InChI=1S/C22H21N3O5/c1-3-7-15-10-14(12-18(29-2)20(15)30-13-19(23)26)11-17-21(27)24-25(22(17)28)16-8-5-4-6-9-16/h3-6,8-12H,1,7,13H2,2H3,(H2,23,26)(H,24,27). The van der Waals surface area contributed by atoms with Crippen molar-refractivity contribution in [3.63, 3.8) is 0 Å². The van der Waals surface area contributed by atoms with E-state index in [4.69, 9.17) is 15.2 Å². The van der Waals surface area contributed by atoms with Crippen LogP contribution >= 0.6 is 0 Å². The Hall–Kier alpha value is -4.07. The molecule has 3 rings (SSSR count). The van der Waals surface area contributed by atoms with Crippen LogP contribution in [0.4, 0.5) is 5.69 Å². The van der Waals surface area contributed by atoms with Gasteiger partial charge in [0.05, 0.1) is 12.8 Å². The Morgan fingerprint density at radius 1 is 1.23 bits per heavy atom. The Morgan fingerprint density at radius 2 is 1.97 bits per heavy atom. The molecule has 0 radical (unpaired) electrons. The van der Waals surface area contributed by atoms with Crippen molar-refractivity contribution in [3.05, 3.63) is 71.8 Å². The minimum atomic E-state index is -0.623. The molecule has 30 heavy (non-hydrogen) atoms. The van der Waals surface area contributed by atoms with Crippen molar-refractivity contribution in [1.29, 1.82) is 0 Å². The highest BCUT2D eigenvalue weighted by Crippen LogP contribution is 2.34. The first kappa shape index (κ1) is 20.7. The van der Waals surface area contributed by atoms with E-state index in [0.29, 0.717) is 34.7 Å². The molecule has 8 nitrogen and oxygen atoms in total. The number of hydrogen-bond acceptors (Lipinski definition) is 5. The number of carbonyl (C=O) groups excluding carboxylic acids is 3. The average molecular weight is 407 g/mol. The van der Waals surface area contributed by atoms with Crippen LogP contribution in [0.15, 0.2) is 60.7 Å². The molecular formula is C22H21N3O5. The van der Waals surface area contributed by atoms with Gasteiger partial charge in [-0.15, -0.1) is 6.58 Å². The molecule has 1 aliphatic rings. The number of benzene rings is 2. The first-order chi connectivity index (χ1) is 14.4. The fourth-order valence-corrected chi connectivity index (χ4v) is 3.02. The van der Waals surface area contributed by atoms with Gasteiger partial charge in [0.15, 0.2) is 18.1 Å². The van der Waals surface area contributed by atoms with E-state index in [0.717, 1.165) is 0 Å². The summed E-state index contributed by atoms with van der Waals surface area (Å²) in [6, 6.07) is 12.1. The fourth-order valence-electron chi connectivity index (χ4n) is 3.02. The van der Waals surface area contributed by atoms with Gasteiger partial charge in [-0.1, -0.05) is 24.3 Å². The van der Waals surface area contributed by atoms with Gasteiger partial charge >= 0.3 is 0 Å². The van der Waals surface area contributed by atoms with Crippen LogP contribution in [0.3, 0.4) is 0 Å². The van der Waals surface area contributed by atoms with Crippen molar-refractivity contribution in [2.24, 2.45) is 5.73 Å². The molecule has 154 valence electrons. The maximum absolute atomic E-state index is 12.8. The zero-order valence-corrected chi connectivity index (χ0v) is 16.4. The maximum Gasteiger partial charge on any atom is 0.282 e. The van der Waals surface area contributed by atoms with E-state index in [1.807, 2.05) is 6.07 Å². The number of carbonyl (C=O) groups is 3. The van der Waals surface area contributed by atoms with Crippen LogP contribution < -0.4 is 25.6 Å². The quantitative estimate of drug-likeness (QED) is 0.393. The first-order valence-corrected chi connectivity index (χ1v) is 9.09. The zero-order chi connectivity index (χ0) is 21.7. The summed E-state index contributed by atoms with van der Waals surface area (Å²) in [6.07, 6.45) is 3.55. The van der Waals surface area contributed by atoms with Gasteiger partial charge in [-0.25, -0.2) is 5.01 Å². The van der Waals surface area contributed by atoms with Crippen LogP contribution in [-0.2, 0) is 20.8 Å². The second-order valence-electron chi connectivity index (χ2n) is 6.43. The molecule has 0 spiro atoms. The lowest BCUT2D eigenvalue weighted by molar-refractivity contribution is -0.120. The van der Waals surface area contributed by atoms with Crippen molar-refractivity contribution >= 4 is 29.5 Å². The maximum atomic E-state index is 12.8. The number of para-hydroxylation sites is 1. The Kier molecular flexibility index (Phi) is 6.17. The molecule has 2 aromatic carbocycles. The third kappa shape index (κ3) is 4.33.